The molecule has 0 amide bonds. The number of carbonyl (C=O) groups is 1. The van der Waals surface area contributed by atoms with Gasteiger partial charge in [0.1, 0.15) is 17.4 Å². The molecule has 0 fully saturated rings. The minimum atomic E-state index is -0.912. The zero-order valence-electron chi connectivity index (χ0n) is 11.1. The quantitative estimate of drug-likeness (QED) is 0.849. The summed E-state index contributed by atoms with van der Waals surface area (Å²) in [7, 11) is 0. The molecule has 2 aromatic rings. The van der Waals surface area contributed by atoms with Gasteiger partial charge in [-0.1, -0.05) is 19.8 Å². The summed E-state index contributed by atoms with van der Waals surface area (Å²) in [5, 5.41) is 12.2. The van der Waals surface area contributed by atoms with Gasteiger partial charge in [-0.25, -0.2) is 14.2 Å². The average Bonchev–Trinajstić information content (AvgIpc) is 2.42. The maximum absolute atomic E-state index is 13.1. The first-order chi connectivity index (χ1) is 9.61. The number of nitrogens with one attached hydrogen (secondary N) is 1. The minimum absolute atomic E-state index is 0.398. The van der Waals surface area contributed by atoms with Crippen LogP contribution in [0, 0.1) is 5.82 Å². The van der Waals surface area contributed by atoms with E-state index < -0.39 is 17.8 Å². The van der Waals surface area contributed by atoms with Crippen LogP contribution in [0.5, 0.6) is 0 Å². The zero-order chi connectivity index (χ0) is 14.5. The summed E-state index contributed by atoms with van der Waals surface area (Å²) in [5.41, 5.74) is 1.42. The molecule has 0 radical (unpaired) electrons. The smallest absolute Gasteiger partial charge is 0.326 e. The lowest BCUT2D eigenvalue weighted by Gasteiger charge is -2.16. The van der Waals surface area contributed by atoms with Crippen LogP contribution in [-0.2, 0) is 4.79 Å². The van der Waals surface area contributed by atoms with E-state index in [0.717, 1.165) is 19.0 Å². The molecule has 0 aliphatic rings. The lowest BCUT2D eigenvalue weighted by atomic mass is 10.1. The van der Waals surface area contributed by atoms with Gasteiger partial charge >= 0.3 is 5.97 Å². The van der Waals surface area contributed by atoms with Crippen LogP contribution in [0.2, 0.25) is 0 Å². The lowest BCUT2D eigenvalue weighted by Crippen LogP contribution is -2.29. The van der Waals surface area contributed by atoms with E-state index in [4.69, 9.17) is 0 Å². The van der Waals surface area contributed by atoms with Gasteiger partial charge in [0.2, 0.25) is 0 Å². The summed E-state index contributed by atoms with van der Waals surface area (Å²) in [6.07, 6.45) is 4.86. The van der Waals surface area contributed by atoms with E-state index in [2.05, 4.69) is 15.3 Å². The highest BCUT2D eigenvalue weighted by atomic mass is 19.1. The molecule has 0 aliphatic carbocycles. The first-order valence-corrected chi connectivity index (χ1v) is 6.51. The number of nitrogens with zero attached hydrogens (tertiary/aromatic N) is 2. The number of aromatic nitrogens is 2. The number of carboxylic acids is 1. The SMILES string of the molecule is CCCCC(Nc1ccnc2cc(F)cnc12)C(=O)O. The molecule has 2 heterocycles. The number of aliphatic carboxylic acids is 1. The Morgan fingerprint density at radius 1 is 1.50 bits per heavy atom. The zero-order valence-corrected chi connectivity index (χ0v) is 11.1. The fourth-order valence-corrected chi connectivity index (χ4v) is 1.98. The van der Waals surface area contributed by atoms with Crippen molar-refractivity contribution in [3.63, 3.8) is 0 Å². The van der Waals surface area contributed by atoms with Crippen molar-refractivity contribution in [1.82, 2.24) is 9.97 Å². The lowest BCUT2D eigenvalue weighted by molar-refractivity contribution is -0.138. The number of pyridine rings is 2. The number of anilines is 1. The van der Waals surface area contributed by atoms with Crippen LogP contribution >= 0.6 is 0 Å². The Balaban J connectivity index is 2.29. The Morgan fingerprint density at radius 3 is 3.00 bits per heavy atom. The Morgan fingerprint density at radius 2 is 2.30 bits per heavy atom. The van der Waals surface area contributed by atoms with E-state index in [1.807, 2.05) is 6.92 Å². The van der Waals surface area contributed by atoms with Gasteiger partial charge in [0.15, 0.2) is 0 Å². The van der Waals surface area contributed by atoms with E-state index in [9.17, 15) is 14.3 Å². The summed E-state index contributed by atoms with van der Waals surface area (Å²) in [4.78, 5) is 19.2. The van der Waals surface area contributed by atoms with Gasteiger partial charge < -0.3 is 10.4 Å². The Bertz CT molecular complexity index is 618. The highest BCUT2D eigenvalue weighted by molar-refractivity contribution is 5.89. The predicted octanol–water partition coefficient (Wildman–Crippen LogP) is 2.82. The van der Waals surface area contributed by atoms with Crippen LogP contribution in [-0.4, -0.2) is 27.1 Å². The van der Waals surface area contributed by atoms with Gasteiger partial charge in [-0.15, -0.1) is 0 Å². The molecule has 0 saturated carbocycles. The molecule has 2 aromatic heterocycles. The number of halogens is 1. The fourth-order valence-electron chi connectivity index (χ4n) is 1.98. The largest absolute Gasteiger partial charge is 0.480 e. The van der Waals surface area contributed by atoms with Gasteiger partial charge in [0.05, 0.1) is 17.4 Å². The second-order valence-corrected chi connectivity index (χ2v) is 4.56. The average molecular weight is 277 g/mol. The molecule has 0 spiro atoms. The third-order valence-corrected chi connectivity index (χ3v) is 3.02. The molecule has 1 atom stereocenters. The van der Waals surface area contributed by atoms with Gasteiger partial charge in [0, 0.05) is 12.3 Å². The molecule has 2 rings (SSSR count). The molecule has 106 valence electrons. The number of fused-ring (bicyclic) bond motifs is 1. The first-order valence-electron chi connectivity index (χ1n) is 6.51. The van der Waals surface area contributed by atoms with Crippen LogP contribution in [0.15, 0.2) is 24.5 Å². The summed E-state index contributed by atoms with van der Waals surface area (Å²) in [5.74, 6) is -1.38. The van der Waals surface area contributed by atoms with Crippen molar-refractivity contribution >= 4 is 22.7 Å². The third kappa shape index (κ3) is 3.20. The Hall–Kier alpha value is -2.24. The highest BCUT2D eigenvalue weighted by Gasteiger charge is 2.17. The molecule has 0 aromatic carbocycles. The van der Waals surface area contributed by atoms with Crippen LogP contribution < -0.4 is 5.32 Å². The van der Waals surface area contributed by atoms with Gasteiger partial charge in [0.25, 0.3) is 0 Å². The molecule has 0 saturated heterocycles. The molecule has 6 heteroatoms. The predicted molar refractivity (Wildman–Crippen MR) is 74.1 cm³/mol. The molecule has 0 aliphatic heterocycles. The number of hydrogen-bond donors (Lipinski definition) is 2. The van der Waals surface area contributed by atoms with E-state index >= 15 is 0 Å². The molecule has 5 nitrogen and oxygen atoms in total. The monoisotopic (exact) mass is 277 g/mol. The highest BCUT2D eigenvalue weighted by Crippen LogP contribution is 2.21. The van der Waals surface area contributed by atoms with Crippen molar-refractivity contribution < 1.29 is 14.3 Å². The summed E-state index contributed by atoms with van der Waals surface area (Å²) >= 11 is 0. The number of rotatable bonds is 6. The Labute approximate surface area is 115 Å². The van der Waals surface area contributed by atoms with E-state index in [0.29, 0.717) is 23.1 Å². The Kier molecular flexibility index (Phi) is 4.45. The first kappa shape index (κ1) is 14.2. The fraction of sp³-hybridized carbons (Fsp3) is 0.357. The second-order valence-electron chi connectivity index (χ2n) is 4.56. The summed E-state index contributed by atoms with van der Waals surface area (Å²) in [6.45, 7) is 2.01. The van der Waals surface area contributed by atoms with Crippen LogP contribution in [0.4, 0.5) is 10.1 Å². The maximum Gasteiger partial charge on any atom is 0.326 e. The minimum Gasteiger partial charge on any atom is -0.480 e. The van der Waals surface area contributed by atoms with Crippen molar-refractivity contribution in [2.45, 2.75) is 32.2 Å². The molecule has 2 N–H and O–H groups in total. The van der Waals surface area contributed by atoms with Crippen molar-refractivity contribution in [1.29, 1.82) is 0 Å². The van der Waals surface area contributed by atoms with Crippen molar-refractivity contribution in [3.05, 3.63) is 30.3 Å². The molecular weight excluding hydrogens is 261 g/mol. The summed E-state index contributed by atoms with van der Waals surface area (Å²) in [6, 6.07) is 2.23. The van der Waals surface area contributed by atoms with Crippen LogP contribution in [0.3, 0.4) is 0 Å². The van der Waals surface area contributed by atoms with E-state index in [1.165, 1.54) is 12.3 Å². The molecule has 1 unspecified atom stereocenters. The maximum atomic E-state index is 13.1. The molecule has 0 bridgehead atoms. The van der Waals surface area contributed by atoms with E-state index in [1.54, 1.807) is 6.07 Å². The standard InChI is InChI=1S/C14H16FN3O2/c1-2-3-4-11(14(19)20)18-10-5-6-16-12-7-9(15)8-17-13(10)12/h5-8,11H,2-4H2,1H3,(H,16,18)(H,19,20). The van der Waals surface area contributed by atoms with Crippen LogP contribution in [0.25, 0.3) is 11.0 Å². The second kappa shape index (κ2) is 6.27. The molecular formula is C14H16FN3O2. The number of unbranched alkanes of at least 4 members (excludes halogenated alkanes) is 1. The van der Waals surface area contributed by atoms with Crippen LogP contribution in [0.1, 0.15) is 26.2 Å². The van der Waals surface area contributed by atoms with Gasteiger partial charge in [-0.2, -0.15) is 0 Å². The molecule has 20 heavy (non-hydrogen) atoms. The van der Waals surface area contributed by atoms with Gasteiger partial charge in [-0.3, -0.25) is 4.98 Å². The third-order valence-electron chi connectivity index (χ3n) is 3.02. The van der Waals surface area contributed by atoms with Crippen molar-refractivity contribution in [2.24, 2.45) is 0 Å². The van der Waals surface area contributed by atoms with E-state index in [-0.39, 0.29) is 0 Å². The number of carboxylic acid groups (broad SMARTS) is 1. The van der Waals surface area contributed by atoms with Crippen molar-refractivity contribution in [3.8, 4) is 0 Å². The normalized spacial score (nSPS) is 12.3. The summed E-state index contributed by atoms with van der Waals surface area (Å²) < 4.78 is 13.1. The van der Waals surface area contributed by atoms with Gasteiger partial charge in [-0.05, 0) is 12.5 Å². The topological polar surface area (TPSA) is 75.1 Å². The van der Waals surface area contributed by atoms with Crippen molar-refractivity contribution in [2.75, 3.05) is 5.32 Å². The number of hydrogen-bond acceptors (Lipinski definition) is 4.